The number of aryl methyl sites for hydroxylation is 4. The third-order valence-electron chi connectivity index (χ3n) is 4.20. The first-order valence-corrected chi connectivity index (χ1v) is 10.0. The van der Waals surface area contributed by atoms with Crippen molar-refractivity contribution in [2.75, 3.05) is 0 Å². The molecule has 3 rings (SSSR count). The summed E-state index contributed by atoms with van der Waals surface area (Å²) in [6, 6.07) is 8.79. The highest BCUT2D eigenvalue weighted by Gasteiger charge is 2.20. The molecular formula is C18H19NO3S2. The van der Waals surface area contributed by atoms with Crippen LogP contribution in [-0.2, 0) is 22.6 Å². The predicted octanol–water partition coefficient (Wildman–Crippen LogP) is 3.50. The van der Waals surface area contributed by atoms with Gasteiger partial charge in [-0.15, -0.1) is 11.3 Å². The molecule has 0 aliphatic carbocycles. The molecule has 0 aliphatic rings. The molecule has 0 aliphatic heterocycles. The lowest BCUT2D eigenvalue weighted by molar-refractivity contribution is 0.595. The highest BCUT2D eigenvalue weighted by Crippen LogP contribution is 2.28. The molecule has 6 heteroatoms. The van der Waals surface area contributed by atoms with Crippen LogP contribution in [0.15, 0.2) is 40.0 Å². The smallest absolute Gasteiger partial charge is 0.251 e. The van der Waals surface area contributed by atoms with Crippen LogP contribution in [0.1, 0.15) is 20.9 Å². The van der Waals surface area contributed by atoms with Gasteiger partial charge in [-0.25, -0.2) is 8.42 Å². The molecule has 0 saturated carbocycles. The van der Waals surface area contributed by atoms with Crippen molar-refractivity contribution in [1.82, 2.24) is 4.57 Å². The number of hydrogen-bond acceptors (Lipinski definition) is 4. The van der Waals surface area contributed by atoms with Crippen molar-refractivity contribution in [2.24, 2.45) is 7.05 Å². The number of nitrogens with zero attached hydrogens (tertiary/aromatic N) is 1. The van der Waals surface area contributed by atoms with E-state index in [1.54, 1.807) is 29.8 Å². The Bertz CT molecular complexity index is 1110. The Morgan fingerprint density at radius 2 is 1.79 bits per heavy atom. The standard InChI is InChI=1S/C18H19NO3S2/c1-11-7-18(20)19(4)16-6-5-14(9-15(11)16)10-24(21,22)17-8-12(2)23-13(17)3/h5-9H,10H2,1-4H3. The summed E-state index contributed by atoms with van der Waals surface area (Å²) in [5.41, 5.74) is 2.33. The molecule has 1 aromatic carbocycles. The molecule has 0 radical (unpaired) electrons. The number of pyridine rings is 1. The summed E-state index contributed by atoms with van der Waals surface area (Å²) in [7, 11) is -1.66. The Hall–Kier alpha value is -1.92. The van der Waals surface area contributed by atoms with Gasteiger partial charge in [0.1, 0.15) is 0 Å². The van der Waals surface area contributed by atoms with Crippen molar-refractivity contribution >= 4 is 32.1 Å². The van der Waals surface area contributed by atoms with Gasteiger partial charge in [0.2, 0.25) is 0 Å². The third kappa shape index (κ3) is 2.91. The van der Waals surface area contributed by atoms with Gasteiger partial charge in [-0.05, 0) is 50.1 Å². The van der Waals surface area contributed by atoms with E-state index in [4.69, 9.17) is 0 Å². The van der Waals surface area contributed by atoms with Gasteiger partial charge in [0.05, 0.1) is 16.2 Å². The Morgan fingerprint density at radius 3 is 2.42 bits per heavy atom. The summed E-state index contributed by atoms with van der Waals surface area (Å²) in [4.78, 5) is 14.1. The molecular weight excluding hydrogens is 342 g/mol. The van der Waals surface area contributed by atoms with Crippen molar-refractivity contribution in [3.05, 3.63) is 61.6 Å². The van der Waals surface area contributed by atoms with E-state index in [-0.39, 0.29) is 11.3 Å². The number of hydrogen-bond donors (Lipinski definition) is 0. The molecule has 2 heterocycles. The minimum Gasteiger partial charge on any atom is -0.311 e. The molecule has 0 saturated heterocycles. The van der Waals surface area contributed by atoms with Crippen molar-refractivity contribution in [2.45, 2.75) is 31.4 Å². The SMILES string of the molecule is Cc1cc(S(=O)(=O)Cc2ccc3c(c2)c(C)cc(=O)n3C)c(C)s1. The van der Waals surface area contributed by atoms with E-state index in [9.17, 15) is 13.2 Å². The third-order valence-corrected chi connectivity index (χ3v) is 7.11. The fraction of sp³-hybridized carbons (Fsp3) is 0.278. The highest BCUT2D eigenvalue weighted by molar-refractivity contribution is 7.90. The van der Waals surface area contributed by atoms with Crippen LogP contribution in [0.5, 0.6) is 0 Å². The number of fused-ring (bicyclic) bond motifs is 1. The lowest BCUT2D eigenvalue weighted by Crippen LogP contribution is -2.16. The maximum Gasteiger partial charge on any atom is 0.251 e. The van der Waals surface area contributed by atoms with Gasteiger partial charge in [-0.1, -0.05) is 6.07 Å². The summed E-state index contributed by atoms with van der Waals surface area (Å²) < 4.78 is 27.0. The van der Waals surface area contributed by atoms with E-state index in [0.29, 0.717) is 4.90 Å². The summed E-state index contributed by atoms with van der Waals surface area (Å²) >= 11 is 1.50. The van der Waals surface area contributed by atoms with Crippen LogP contribution in [0.4, 0.5) is 0 Å². The van der Waals surface area contributed by atoms with Gasteiger partial charge in [-0.3, -0.25) is 4.79 Å². The Morgan fingerprint density at radius 1 is 1.08 bits per heavy atom. The fourth-order valence-corrected chi connectivity index (χ4v) is 5.94. The summed E-state index contributed by atoms with van der Waals surface area (Å²) in [5.74, 6) is -0.0395. The van der Waals surface area contributed by atoms with Gasteiger partial charge >= 0.3 is 0 Å². The van der Waals surface area contributed by atoms with E-state index in [1.165, 1.54) is 11.3 Å². The van der Waals surface area contributed by atoms with Crippen LogP contribution in [0, 0.1) is 20.8 Å². The fourth-order valence-electron chi connectivity index (χ4n) is 2.97. The molecule has 126 valence electrons. The summed E-state index contributed by atoms with van der Waals surface area (Å²) in [5, 5.41) is 0.906. The van der Waals surface area contributed by atoms with Gasteiger partial charge in [0.15, 0.2) is 9.84 Å². The Kier molecular flexibility index (Phi) is 4.13. The molecule has 0 bridgehead atoms. The Labute approximate surface area is 145 Å². The molecule has 0 spiro atoms. The first-order valence-electron chi connectivity index (χ1n) is 7.58. The van der Waals surface area contributed by atoms with Crippen LogP contribution >= 0.6 is 11.3 Å². The number of rotatable bonds is 3. The second kappa shape index (κ2) is 5.86. The van der Waals surface area contributed by atoms with E-state index in [2.05, 4.69) is 0 Å². The summed E-state index contributed by atoms with van der Waals surface area (Å²) in [6.07, 6.45) is 0. The highest BCUT2D eigenvalue weighted by atomic mass is 32.2. The zero-order chi connectivity index (χ0) is 17.6. The second-order valence-corrected chi connectivity index (χ2v) is 9.53. The van der Waals surface area contributed by atoms with Crippen LogP contribution in [-0.4, -0.2) is 13.0 Å². The average molecular weight is 361 g/mol. The van der Waals surface area contributed by atoms with Crippen molar-refractivity contribution in [3.63, 3.8) is 0 Å². The maximum atomic E-state index is 12.7. The van der Waals surface area contributed by atoms with Crippen molar-refractivity contribution in [3.8, 4) is 0 Å². The van der Waals surface area contributed by atoms with E-state index in [1.807, 2.05) is 32.9 Å². The average Bonchev–Trinajstić information content (AvgIpc) is 2.84. The van der Waals surface area contributed by atoms with Gasteiger partial charge in [0, 0.05) is 28.3 Å². The summed E-state index contributed by atoms with van der Waals surface area (Å²) in [6.45, 7) is 5.62. The zero-order valence-electron chi connectivity index (χ0n) is 14.1. The van der Waals surface area contributed by atoms with Crippen LogP contribution in [0.3, 0.4) is 0 Å². The minimum atomic E-state index is -3.38. The zero-order valence-corrected chi connectivity index (χ0v) is 15.7. The molecule has 0 N–H and O–H groups in total. The number of aromatic nitrogens is 1. The van der Waals surface area contributed by atoms with E-state index < -0.39 is 9.84 Å². The molecule has 0 atom stereocenters. The van der Waals surface area contributed by atoms with Gasteiger partial charge in [0.25, 0.3) is 5.56 Å². The normalized spacial score (nSPS) is 12.0. The monoisotopic (exact) mass is 361 g/mol. The number of sulfone groups is 1. The van der Waals surface area contributed by atoms with Crippen LogP contribution < -0.4 is 5.56 Å². The quantitative estimate of drug-likeness (QED) is 0.717. The molecule has 2 aromatic heterocycles. The lowest BCUT2D eigenvalue weighted by atomic mass is 10.1. The van der Waals surface area contributed by atoms with Crippen LogP contribution in [0.25, 0.3) is 10.9 Å². The van der Waals surface area contributed by atoms with Crippen molar-refractivity contribution in [1.29, 1.82) is 0 Å². The minimum absolute atomic E-state index is 0.0395. The van der Waals surface area contributed by atoms with E-state index >= 15 is 0 Å². The van der Waals surface area contributed by atoms with Gasteiger partial charge in [-0.2, -0.15) is 0 Å². The maximum absolute atomic E-state index is 12.7. The first-order chi connectivity index (χ1) is 11.2. The molecule has 0 fully saturated rings. The topological polar surface area (TPSA) is 56.1 Å². The first kappa shape index (κ1) is 16.9. The predicted molar refractivity (Wildman–Crippen MR) is 98.6 cm³/mol. The molecule has 3 aromatic rings. The Balaban J connectivity index is 2.08. The van der Waals surface area contributed by atoms with Crippen LogP contribution in [0.2, 0.25) is 0 Å². The van der Waals surface area contributed by atoms with E-state index in [0.717, 1.165) is 31.8 Å². The second-order valence-electron chi connectivity index (χ2n) is 6.11. The molecule has 0 amide bonds. The number of thiophene rings is 1. The van der Waals surface area contributed by atoms with Gasteiger partial charge < -0.3 is 4.57 Å². The largest absolute Gasteiger partial charge is 0.311 e. The molecule has 0 unspecified atom stereocenters. The molecule has 4 nitrogen and oxygen atoms in total. The number of benzene rings is 1. The lowest BCUT2D eigenvalue weighted by Gasteiger charge is -2.10. The molecule has 24 heavy (non-hydrogen) atoms. The van der Waals surface area contributed by atoms with Crippen molar-refractivity contribution < 1.29 is 8.42 Å².